The van der Waals surface area contributed by atoms with Crippen LogP contribution >= 0.6 is 24.0 Å². The number of para-hydroxylation sites is 1. The number of oxazole rings is 1. The average Bonchev–Trinajstić information content (AvgIpc) is 2.84. The van der Waals surface area contributed by atoms with Gasteiger partial charge in [-0.25, -0.2) is 9.98 Å². The minimum Gasteiger partial charge on any atom is -0.444 e. The predicted molar refractivity (Wildman–Crippen MR) is 106 cm³/mol. The van der Waals surface area contributed by atoms with Crippen LogP contribution in [0.3, 0.4) is 0 Å². The number of anilines is 1. The number of nitrogens with two attached hydrogens (primary N) is 1. The molecule has 3 N–H and O–H groups in total. The zero-order valence-corrected chi connectivity index (χ0v) is 16.5. The highest BCUT2D eigenvalue weighted by Crippen LogP contribution is 2.22. The lowest BCUT2D eigenvalue weighted by atomic mass is 10.0. The number of aliphatic imine (C=N–C) groups is 1. The molecule has 0 bridgehead atoms. The summed E-state index contributed by atoms with van der Waals surface area (Å²) < 4.78 is 5.50. The van der Waals surface area contributed by atoms with Crippen molar-refractivity contribution in [1.82, 2.24) is 4.98 Å². The number of nitrogens with zero attached hydrogens (tertiary/aromatic N) is 2. The van der Waals surface area contributed by atoms with E-state index in [-0.39, 0.29) is 24.0 Å². The van der Waals surface area contributed by atoms with Gasteiger partial charge in [0.05, 0.1) is 5.69 Å². The second kappa shape index (κ2) is 8.90. The third kappa shape index (κ3) is 4.95. The molecule has 1 aromatic heterocycles. The number of halogens is 1. The van der Waals surface area contributed by atoms with Gasteiger partial charge >= 0.3 is 0 Å². The minimum atomic E-state index is 0. The fourth-order valence-corrected chi connectivity index (χ4v) is 2.33. The number of aromatic nitrogens is 1. The first-order chi connectivity index (χ1) is 10.5. The second-order valence-corrected chi connectivity index (χ2v) is 5.23. The Balaban J connectivity index is 0.00000264. The number of guanidine groups is 1. The highest BCUT2D eigenvalue weighted by atomic mass is 127. The summed E-state index contributed by atoms with van der Waals surface area (Å²) in [6.45, 7) is 8.40. The molecule has 0 spiro atoms. The Morgan fingerprint density at radius 3 is 2.30 bits per heavy atom. The van der Waals surface area contributed by atoms with Crippen molar-refractivity contribution in [2.45, 2.75) is 47.1 Å². The first-order valence-electron chi connectivity index (χ1n) is 7.65. The van der Waals surface area contributed by atoms with Gasteiger partial charge in [-0.15, -0.1) is 24.0 Å². The fraction of sp³-hybridized carbons (Fsp3) is 0.412. The maximum absolute atomic E-state index is 6.02. The summed E-state index contributed by atoms with van der Waals surface area (Å²) in [6.07, 6.45) is 1.89. The van der Waals surface area contributed by atoms with Gasteiger partial charge in [0.25, 0.3) is 0 Å². The molecule has 0 atom stereocenters. The third-order valence-electron chi connectivity index (χ3n) is 3.71. The number of rotatable bonds is 5. The summed E-state index contributed by atoms with van der Waals surface area (Å²) in [4.78, 5) is 8.62. The van der Waals surface area contributed by atoms with Crippen LogP contribution in [-0.2, 0) is 19.4 Å². The third-order valence-corrected chi connectivity index (χ3v) is 3.71. The van der Waals surface area contributed by atoms with E-state index in [0.29, 0.717) is 18.4 Å². The summed E-state index contributed by atoms with van der Waals surface area (Å²) in [6, 6.07) is 6.29. The standard InChI is InChI=1S/C17H24N4O.HI/c1-5-13-8-7-9-14(6-2)16(13)21-17(18)19-10-15-20-11(3)12(4)22-15;/h7-9H,5-6,10H2,1-4H3,(H3,18,19,21);1H. The van der Waals surface area contributed by atoms with Gasteiger partial charge < -0.3 is 15.5 Å². The summed E-state index contributed by atoms with van der Waals surface area (Å²) in [7, 11) is 0. The number of hydrogen-bond acceptors (Lipinski definition) is 3. The van der Waals surface area contributed by atoms with Crippen molar-refractivity contribution >= 4 is 35.6 Å². The van der Waals surface area contributed by atoms with Crippen LogP contribution in [0.15, 0.2) is 27.6 Å². The molecule has 0 saturated heterocycles. The van der Waals surface area contributed by atoms with Crippen molar-refractivity contribution in [2.75, 3.05) is 5.32 Å². The maximum Gasteiger partial charge on any atom is 0.216 e. The first kappa shape index (κ1) is 19.5. The molecule has 0 saturated carbocycles. The highest BCUT2D eigenvalue weighted by molar-refractivity contribution is 14.0. The lowest BCUT2D eigenvalue weighted by Crippen LogP contribution is -2.24. The molecule has 23 heavy (non-hydrogen) atoms. The zero-order chi connectivity index (χ0) is 16.1. The molecule has 1 aromatic carbocycles. The van der Waals surface area contributed by atoms with E-state index in [1.807, 2.05) is 13.8 Å². The van der Waals surface area contributed by atoms with Crippen LogP contribution < -0.4 is 11.1 Å². The van der Waals surface area contributed by atoms with Gasteiger partial charge in [-0.05, 0) is 37.8 Å². The van der Waals surface area contributed by atoms with Gasteiger partial charge in [0.1, 0.15) is 12.3 Å². The summed E-state index contributed by atoms with van der Waals surface area (Å²) >= 11 is 0. The Morgan fingerprint density at radius 2 is 1.83 bits per heavy atom. The van der Waals surface area contributed by atoms with Gasteiger partial charge in [0.2, 0.25) is 5.89 Å². The first-order valence-corrected chi connectivity index (χ1v) is 7.65. The number of nitrogens with one attached hydrogen (secondary N) is 1. The Bertz CT molecular complexity index is 637. The lowest BCUT2D eigenvalue weighted by molar-refractivity contribution is 0.473. The zero-order valence-electron chi connectivity index (χ0n) is 14.1. The maximum atomic E-state index is 6.02. The van der Waals surface area contributed by atoms with Crippen molar-refractivity contribution in [2.24, 2.45) is 10.7 Å². The molecule has 0 aliphatic carbocycles. The molecule has 2 rings (SSSR count). The molecule has 5 nitrogen and oxygen atoms in total. The van der Waals surface area contributed by atoms with Gasteiger partial charge in [0.15, 0.2) is 5.96 Å². The normalized spacial score (nSPS) is 11.2. The van der Waals surface area contributed by atoms with Crippen LogP contribution in [0.25, 0.3) is 0 Å². The van der Waals surface area contributed by atoms with Crippen LogP contribution in [0.2, 0.25) is 0 Å². The van der Waals surface area contributed by atoms with Crippen molar-refractivity contribution in [3.63, 3.8) is 0 Å². The Kier molecular flexibility index (Phi) is 7.54. The molecule has 0 amide bonds. The van der Waals surface area contributed by atoms with E-state index in [2.05, 4.69) is 47.3 Å². The molecule has 2 aromatic rings. The van der Waals surface area contributed by atoms with E-state index >= 15 is 0 Å². The molecule has 0 aliphatic heterocycles. The Morgan fingerprint density at radius 1 is 1.22 bits per heavy atom. The smallest absolute Gasteiger partial charge is 0.216 e. The topological polar surface area (TPSA) is 76.4 Å². The largest absolute Gasteiger partial charge is 0.444 e. The van der Waals surface area contributed by atoms with E-state index in [4.69, 9.17) is 10.2 Å². The predicted octanol–water partition coefficient (Wildman–Crippen LogP) is 3.96. The molecule has 0 unspecified atom stereocenters. The Hall–Kier alpha value is -1.57. The van der Waals surface area contributed by atoms with Crippen LogP contribution in [0, 0.1) is 13.8 Å². The van der Waals surface area contributed by atoms with Crippen molar-refractivity contribution < 1.29 is 4.42 Å². The van der Waals surface area contributed by atoms with Crippen LogP contribution in [0.1, 0.15) is 42.3 Å². The lowest BCUT2D eigenvalue weighted by Gasteiger charge is -2.14. The minimum absolute atomic E-state index is 0. The number of hydrogen-bond donors (Lipinski definition) is 2. The summed E-state index contributed by atoms with van der Waals surface area (Å²) in [5.41, 5.74) is 10.4. The summed E-state index contributed by atoms with van der Waals surface area (Å²) in [5, 5.41) is 3.23. The van der Waals surface area contributed by atoms with E-state index in [1.54, 1.807) is 0 Å². The molecule has 0 fully saturated rings. The van der Waals surface area contributed by atoms with Crippen LogP contribution in [-0.4, -0.2) is 10.9 Å². The molecular weight excluding hydrogens is 403 g/mol. The van der Waals surface area contributed by atoms with Gasteiger partial charge in [-0.2, -0.15) is 0 Å². The second-order valence-electron chi connectivity index (χ2n) is 5.23. The molecule has 1 heterocycles. The molecule has 126 valence electrons. The Labute approximate surface area is 154 Å². The SMILES string of the molecule is CCc1cccc(CC)c1NC(N)=NCc1nc(C)c(C)o1.I. The van der Waals surface area contributed by atoms with E-state index in [9.17, 15) is 0 Å². The molecule has 6 heteroatoms. The quantitative estimate of drug-likeness (QED) is 0.430. The van der Waals surface area contributed by atoms with Crippen LogP contribution in [0.4, 0.5) is 5.69 Å². The number of benzene rings is 1. The molecular formula is C17H25IN4O. The van der Waals surface area contributed by atoms with Crippen molar-refractivity contribution in [1.29, 1.82) is 0 Å². The van der Waals surface area contributed by atoms with E-state index < -0.39 is 0 Å². The van der Waals surface area contributed by atoms with Gasteiger partial charge in [-0.3, -0.25) is 0 Å². The van der Waals surface area contributed by atoms with Crippen LogP contribution in [0.5, 0.6) is 0 Å². The molecule has 0 aliphatic rings. The highest BCUT2D eigenvalue weighted by Gasteiger charge is 2.08. The fourth-order valence-electron chi connectivity index (χ4n) is 2.33. The van der Waals surface area contributed by atoms with Gasteiger partial charge in [0, 0.05) is 5.69 Å². The monoisotopic (exact) mass is 428 g/mol. The van der Waals surface area contributed by atoms with E-state index in [1.165, 1.54) is 11.1 Å². The van der Waals surface area contributed by atoms with E-state index in [0.717, 1.165) is 30.0 Å². The average molecular weight is 428 g/mol. The van der Waals surface area contributed by atoms with Crippen molar-refractivity contribution in [3.05, 3.63) is 46.7 Å². The summed E-state index contributed by atoms with van der Waals surface area (Å²) in [5.74, 6) is 1.78. The number of aryl methyl sites for hydroxylation is 4. The van der Waals surface area contributed by atoms with Crippen molar-refractivity contribution in [3.8, 4) is 0 Å². The molecule has 0 radical (unpaired) electrons. The van der Waals surface area contributed by atoms with Gasteiger partial charge in [-0.1, -0.05) is 32.0 Å².